The number of carbonyl (C=O) groups excluding carboxylic acids is 2. The summed E-state index contributed by atoms with van der Waals surface area (Å²) in [5, 5.41) is 13.3. The van der Waals surface area contributed by atoms with E-state index in [-0.39, 0.29) is 5.57 Å². The number of hydrogen-bond acceptors (Lipinski definition) is 5. The molecule has 1 unspecified atom stereocenters. The van der Waals surface area contributed by atoms with Gasteiger partial charge in [-0.3, -0.25) is 9.59 Å². The van der Waals surface area contributed by atoms with Gasteiger partial charge in [-0.05, 0) is 43.2 Å². The molecule has 0 radical (unpaired) electrons. The van der Waals surface area contributed by atoms with Gasteiger partial charge in [0.2, 0.25) is 5.78 Å². The van der Waals surface area contributed by atoms with E-state index >= 15 is 0 Å². The Balaban J connectivity index is 2.02. The fourth-order valence-corrected chi connectivity index (χ4v) is 3.42. The van der Waals surface area contributed by atoms with Crippen LogP contribution in [0.5, 0.6) is 5.75 Å². The Morgan fingerprint density at radius 1 is 1.17 bits per heavy atom. The van der Waals surface area contributed by atoms with Gasteiger partial charge in [0.1, 0.15) is 23.3 Å². The number of ether oxygens (including phenoxy) is 1. The maximum Gasteiger partial charge on any atom is 0.295 e. The molecule has 1 saturated heterocycles. The molecule has 7 nitrogen and oxygen atoms in total. The lowest BCUT2D eigenvalue weighted by Crippen LogP contribution is -3.06. The second kappa shape index (κ2) is 9.17. The third-order valence-electron chi connectivity index (χ3n) is 5.00. The lowest BCUT2D eigenvalue weighted by Gasteiger charge is -2.26. The van der Waals surface area contributed by atoms with Crippen molar-refractivity contribution in [3.05, 3.63) is 59.1 Å². The van der Waals surface area contributed by atoms with Crippen LogP contribution in [0.2, 0.25) is 0 Å². The molecule has 1 fully saturated rings. The van der Waals surface area contributed by atoms with Crippen molar-refractivity contribution in [2.45, 2.75) is 26.3 Å². The minimum atomic E-state index is -0.818. The molecule has 0 saturated carbocycles. The quantitative estimate of drug-likeness (QED) is 0.393. The SMILES string of the molecule is CCCOc1ccc(C([O-])=C2C(=O)C(=O)N(CC[NH+](C)C)C2c2ccc(C)o2)cc1. The first-order valence-electron chi connectivity index (χ1n) is 10.2. The maximum absolute atomic E-state index is 13.3. The van der Waals surface area contributed by atoms with Crippen molar-refractivity contribution in [2.24, 2.45) is 0 Å². The molecule has 7 heteroatoms. The highest BCUT2D eigenvalue weighted by Gasteiger charge is 2.45. The van der Waals surface area contributed by atoms with Gasteiger partial charge >= 0.3 is 0 Å². The van der Waals surface area contributed by atoms with Crippen LogP contribution in [0.4, 0.5) is 0 Å². The summed E-state index contributed by atoms with van der Waals surface area (Å²) >= 11 is 0. The van der Waals surface area contributed by atoms with E-state index in [0.29, 0.717) is 42.5 Å². The Hall–Kier alpha value is -3.06. The molecule has 30 heavy (non-hydrogen) atoms. The standard InChI is InChI=1S/C23H28N2O5/c1-5-14-29-17-9-7-16(8-10-17)21(26)19-20(18-11-6-15(2)30-18)25(13-12-24(3)4)23(28)22(19)27/h6-11,20,26H,5,12-14H2,1-4H3. The van der Waals surface area contributed by atoms with Crippen LogP contribution in [0, 0.1) is 6.92 Å². The number of furan rings is 1. The van der Waals surface area contributed by atoms with E-state index in [1.165, 1.54) is 4.90 Å². The third-order valence-corrected chi connectivity index (χ3v) is 5.00. The molecule has 1 aromatic carbocycles. The fourth-order valence-electron chi connectivity index (χ4n) is 3.42. The molecule has 2 heterocycles. The monoisotopic (exact) mass is 412 g/mol. The summed E-state index contributed by atoms with van der Waals surface area (Å²) in [5.41, 5.74) is 0.272. The van der Waals surface area contributed by atoms with Gasteiger partial charge in [-0.2, -0.15) is 0 Å². The number of likely N-dealkylation sites (tertiary alicyclic amines) is 1. The van der Waals surface area contributed by atoms with Gasteiger partial charge in [-0.15, -0.1) is 0 Å². The maximum atomic E-state index is 13.3. The van der Waals surface area contributed by atoms with Crippen LogP contribution in [-0.2, 0) is 9.59 Å². The van der Waals surface area contributed by atoms with E-state index in [1.54, 1.807) is 43.3 Å². The number of hydrogen-bond donors (Lipinski definition) is 1. The van der Waals surface area contributed by atoms with Crippen molar-refractivity contribution in [3.63, 3.8) is 0 Å². The van der Waals surface area contributed by atoms with Crippen LogP contribution in [0.1, 0.15) is 36.5 Å². The number of amides is 1. The van der Waals surface area contributed by atoms with E-state index in [4.69, 9.17) is 9.15 Å². The molecule has 1 aliphatic heterocycles. The number of nitrogens with one attached hydrogen (secondary N) is 1. The first-order chi connectivity index (χ1) is 14.3. The number of ketones is 1. The topological polar surface area (TPSA) is 87.2 Å². The lowest BCUT2D eigenvalue weighted by atomic mass is 9.99. The number of aryl methyl sites for hydroxylation is 1. The minimum absolute atomic E-state index is 0.0645. The molecule has 0 bridgehead atoms. The number of likely N-dealkylation sites (N-methyl/N-ethyl adjacent to an activating group) is 1. The summed E-state index contributed by atoms with van der Waals surface area (Å²) in [5.74, 6) is -0.165. The smallest absolute Gasteiger partial charge is 0.295 e. The van der Waals surface area contributed by atoms with Crippen LogP contribution in [-0.4, -0.2) is 50.4 Å². The zero-order chi connectivity index (χ0) is 21.8. The van der Waals surface area contributed by atoms with Crippen molar-refractivity contribution >= 4 is 17.4 Å². The normalized spacial score (nSPS) is 18.4. The second-order valence-electron chi connectivity index (χ2n) is 7.75. The summed E-state index contributed by atoms with van der Waals surface area (Å²) in [7, 11) is 3.93. The van der Waals surface area contributed by atoms with Crippen LogP contribution >= 0.6 is 0 Å². The van der Waals surface area contributed by atoms with E-state index < -0.39 is 23.5 Å². The summed E-state index contributed by atoms with van der Waals surface area (Å²) in [6, 6.07) is 9.30. The van der Waals surface area contributed by atoms with Crippen molar-refractivity contribution in [2.75, 3.05) is 33.8 Å². The molecule has 1 N–H and O–H groups in total. The summed E-state index contributed by atoms with van der Waals surface area (Å²) in [6.07, 6.45) is 0.879. The van der Waals surface area contributed by atoms with Crippen LogP contribution < -0.4 is 14.7 Å². The zero-order valence-electron chi connectivity index (χ0n) is 17.9. The summed E-state index contributed by atoms with van der Waals surface area (Å²) in [4.78, 5) is 28.2. The van der Waals surface area contributed by atoms with Crippen molar-refractivity contribution in [1.82, 2.24) is 4.90 Å². The predicted octanol–water partition coefficient (Wildman–Crippen LogP) is 0.745. The molecular formula is C23H28N2O5. The van der Waals surface area contributed by atoms with Crippen molar-refractivity contribution in [3.8, 4) is 5.75 Å². The molecule has 1 atom stereocenters. The van der Waals surface area contributed by atoms with E-state index in [9.17, 15) is 14.7 Å². The first-order valence-corrected chi connectivity index (χ1v) is 10.2. The number of quaternary nitrogens is 1. The number of carbonyl (C=O) groups is 2. The highest BCUT2D eigenvalue weighted by Crippen LogP contribution is 2.39. The highest BCUT2D eigenvalue weighted by atomic mass is 16.5. The van der Waals surface area contributed by atoms with Gasteiger partial charge in [-0.1, -0.05) is 24.8 Å². The average Bonchev–Trinajstić information content (AvgIpc) is 3.26. The Kier molecular flexibility index (Phi) is 6.62. The van der Waals surface area contributed by atoms with Gasteiger partial charge in [0.05, 0.1) is 33.8 Å². The molecule has 2 aromatic rings. The molecule has 0 spiro atoms. The van der Waals surface area contributed by atoms with Gasteiger partial charge < -0.3 is 24.1 Å². The van der Waals surface area contributed by atoms with Gasteiger partial charge in [-0.25, -0.2) is 0 Å². The number of nitrogens with zero attached hydrogens (tertiary/aromatic N) is 1. The molecule has 3 rings (SSSR count). The second-order valence-corrected chi connectivity index (χ2v) is 7.75. The molecular weight excluding hydrogens is 384 g/mol. The number of rotatable bonds is 8. The van der Waals surface area contributed by atoms with E-state index in [1.807, 2.05) is 21.0 Å². The predicted molar refractivity (Wildman–Crippen MR) is 110 cm³/mol. The Morgan fingerprint density at radius 2 is 1.87 bits per heavy atom. The molecule has 160 valence electrons. The highest BCUT2D eigenvalue weighted by molar-refractivity contribution is 6.46. The number of Topliss-reactive ketones (excluding diaryl/α,β-unsaturated/α-hetero) is 1. The Morgan fingerprint density at radius 3 is 2.43 bits per heavy atom. The minimum Gasteiger partial charge on any atom is -0.872 e. The number of benzene rings is 1. The summed E-state index contributed by atoms with van der Waals surface area (Å²) in [6.45, 7) is 5.36. The van der Waals surface area contributed by atoms with Crippen molar-refractivity contribution < 1.29 is 28.7 Å². The fraction of sp³-hybridized carbons (Fsp3) is 0.391. The largest absolute Gasteiger partial charge is 0.872 e. The van der Waals surface area contributed by atoms with Crippen LogP contribution in [0.25, 0.3) is 5.76 Å². The zero-order valence-corrected chi connectivity index (χ0v) is 17.9. The Bertz CT molecular complexity index is 943. The molecule has 1 amide bonds. The van der Waals surface area contributed by atoms with Crippen LogP contribution in [0.15, 0.2) is 46.4 Å². The Labute approximate surface area is 176 Å². The van der Waals surface area contributed by atoms with E-state index in [2.05, 4.69) is 0 Å². The van der Waals surface area contributed by atoms with Gasteiger partial charge in [0, 0.05) is 5.57 Å². The third kappa shape index (κ3) is 4.41. The molecule has 0 aliphatic carbocycles. The lowest BCUT2D eigenvalue weighted by molar-refractivity contribution is -0.857. The van der Waals surface area contributed by atoms with Gasteiger partial charge in [0.25, 0.3) is 5.91 Å². The van der Waals surface area contributed by atoms with Gasteiger partial charge in [0.15, 0.2) is 0 Å². The average molecular weight is 412 g/mol. The molecule has 1 aromatic heterocycles. The van der Waals surface area contributed by atoms with E-state index in [0.717, 1.165) is 11.3 Å². The van der Waals surface area contributed by atoms with Crippen molar-refractivity contribution in [1.29, 1.82) is 0 Å². The molecule has 1 aliphatic rings. The van der Waals surface area contributed by atoms with Crippen LogP contribution in [0.3, 0.4) is 0 Å². The summed E-state index contributed by atoms with van der Waals surface area (Å²) < 4.78 is 11.3. The first kappa shape index (κ1) is 21.6.